The number of methoxy groups -OCH3 is 2. The van der Waals surface area contributed by atoms with E-state index in [1.54, 1.807) is 26.4 Å². The van der Waals surface area contributed by atoms with Crippen LogP contribution in [-0.2, 0) is 22.7 Å². The minimum absolute atomic E-state index is 0.112. The minimum Gasteiger partial charge on any atom is -0.497 e. The Balaban J connectivity index is 1.59. The highest BCUT2D eigenvalue weighted by atomic mass is 16.5. The Morgan fingerprint density at radius 1 is 0.853 bits per heavy atom. The summed E-state index contributed by atoms with van der Waals surface area (Å²) in [5.74, 6) is 1.55. The number of hydrogen-bond acceptors (Lipinski definition) is 5. The van der Waals surface area contributed by atoms with Crippen LogP contribution in [0.4, 0.5) is 0 Å². The van der Waals surface area contributed by atoms with Crippen LogP contribution in [0.1, 0.15) is 36.1 Å². The van der Waals surface area contributed by atoms with Crippen molar-refractivity contribution >= 4 is 11.8 Å². The molecular weight excluding hydrogens is 432 g/mol. The van der Waals surface area contributed by atoms with Crippen LogP contribution >= 0.6 is 0 Å². The van der Waals surface area contributed by atoms with E-state index in [0.717, 1.165) is 16.7 Å². The molecule has 0 saturated carbocycles. The number of hydrogen-bond donors (Lipinski definition) is 2. The van der Waals surface area contributed by atoms with Crippen molar-refractivity contribution in [1.82, 2.24) is 10.6 Å². The van der Waals surface area contributed by atoms with Crippen LogP contribution in [0.25, 0.3) is 0 Å². The van der Waals surface area contributed by atoms with Crippen LogP contribution in [0.15, 0.2) is 72.8 Å². The third-order valence-electron chi connectivity index (χ3n) is 5.24. The van der Waals surface area contributed by atoms with Crippen molar-refractivity contribution in [1.29, 1.82) is 0 Å². The molecule has 2 amide bonds. The Kier molecular flexibility index (Phi) is 8.91. The number of carbonyl (C=O) groups is 2. The molecule has 7 nitrogen and oxygen atoms in total. The van der Waals surface area contributed by atoms with Gasteiger partial charge in [0.2, 0.25) is 11.8 Å². The molecule has 0 aliphatic heterocycles. The highest BCUT2D eigenvalue weighted by molar-refractivity contribution is 5.79. The van der Waals surface area contributed by atoms with Crippen LogP contribution in [0.2, 0.25) is 0 Å². The van der Waals surface area contributed by atoms with Crippen molar-refractivity contribution in [3.63, 3.8) is 0 Å². The third-order valence-corrected chi connectivity index (χ3v) is 5.24. The molecule has 0 aliphatic carbocycles. The normalized spacial score (nSPS) is 11.3. The Hall–Kier alpha value is -4.00. The first-order chi connectivity index (χ1) is 16.5. The molecule has 0 radical (unpaired) electrons. The number of benzene rings is 3. The molecule has 178 valence electrons. The van der Waals surface area contributed by atoms with Crippen molar-refractivity contribution in [3.8, 4) is 17.2 Å². The largest absolute Gasteiger partial charge is 0.497 e. The van der Waals surface area contributed by atoms with Crippen molar-refractivity contribution in [2.45, 2.75) is 32.5 Å². The van der Waals surface area contributed by atoms with Crippen molar-refractivity contribution in [2.24, 2.45) is 0 Å². The lowest BCUT2D eigenvalue weighted by Crippen LogP contribution is -2.32. The molecule has 0 heterocycles. The van der Waals surface area contributed by atoms with Gasteiger partial charge >= 0.3 is 0 Å². The predicted octanol–water partition coefficient (Wildman–Crippen LogP) is 4.17. The highest BCUT2D eigenvalue weighted by Gasteiger charge is 2.17. The smallest absolute Gasteiger partial charge is 0.222 e. The van der Waals surface area contributed by atoms with Crippen molar-refractivity contribution in [2.75, 3.05) is 14.2 Å². The summed E-state index contributed by atoms with van der Waals surface area (Å²) in [4.78, 5) is 24.3. The fourth-order valence-electron chi connectivity index (χ4n) is 3.47. The van der Waals surface area contributed by atoms with Crippen LogP contribution < -0.4 is 24.8 Å². The van der Waals surface area contributed by atoms with Crippen LogP contribution in [-0.4, -0.2) is 26.0 Å². The zero-order valence-electron chi connectivity index (χ0n) is 19.7. The molecule has 0 saturated heterocycles. The molecule has 3 rings (SSSR count). The summed E-state index contributed by atoms with van der Waals surface area (Å²) in [7, 11) is 3.17. The fourth-order valence-corrected chi connectivity index (χ4v) is 3.47. The molecule has 0 spiro atoms. The number of ether oxygens (including phenoxy) is 3. The van der Waals surface area contributed by atoms with E-state index in [4.69, 9.17) is 14.2 Å². The lowest BCUT2D eigenvalue weighted by atomic mass is 10.0. The van der Waals surface area contributed by atoms with Gasteiger partial charge in [0, 0.05) is 13.5 Å². The summed E-state index contributed by atoms with van der Waals surface area (Å²) in [6.45, 7) is 2.19. The Labute approximate surface area is 200 Å². The number of amides is 2. The number of nitrogens with one attached hydrogen (secondary N) is 2. The lowest BCUT2D eigenvalue weighted by molar-refractivity contribution is -0.122. The summed E-state index contributed by atoms with van der Waals surface area (Å²) in [5, 5.41) is 5.75. The maximum atomic E-state index is 12.6. The van der Waals surface area contributed by atoms with Gasteiger partial charge in [0.15, 0.2) is 11.5 Å². The van der Waals surface area contributed by atoms with E-state index >= 15 is 0 Å². The Morgan fingerprint density at radius 3 is 2.24 bits per heavy atom. The molecule has 0 aliphatic rings. The molecule has 0 bridgehead atoms. The molecule has 34 heavy (non-hydrogen) atoms. The number of carbonyl (C=O) groups excluding carboxylic acids is 2. The first-order valence-corrected chi connectivity index (χ1v) is 11.0. The van der Waals surface area contributed by atoms with E-state index in [0.29, 0.717) is 30.4 Å². The standard InChI is InChI=1S/C27H30N2O5/c1-19(30)29-24(22-10-12-23(32-2)13-11-22)16-27(31)28-17-21-9-14-25(26(15-21)33-3)34-18-20-7-5-4-6-8-20/h4-15,24H,16-18H2,1-3H3,(H,28,31)(H,29,30). The average Bonchev–Trinajstić information content (AvgIpc) is 2.86. The summed E-state index contributed by atoms with van der Waals surface area (Å²) >= 11 is 0. The van der Waals surface area contributed by atoms with Gasteiger partial charge in [-0.25, -0.2) is 0 Å². The summed E-state index contributed by atoms with van der Waals surface area (Å²) in [6.07, 6.45) is 0.112. The first-order valence-electron chi connectivity index (χ1n) is 11.0. The van der Waals surface area contributed by atoms with Gasteiger partial charge in [0.05, 0.1) is 26.7 Å². The van der Waals surface area contributed by atoms with Gasteiger partial charge in [-0.3, -0.25) is 9.59 Å². The monoisotopic (exact) mass is 462 g/mol. The molecule has 1 unspecified atom stereocenters. The second-order valence-electron chi connectivity index (χ2n) is 7.77. The van der Waals surface area contributed by atoms with E-state index in [1.807, 2.05) is 60.7 Å². The first kappa shape index (κ1) is 24.6. The van der Waals surface area contributed by atoms with Gasteiger partial charge in [-0.15, -0.1) is 0 Å². The van der Waals surface area contributed by atoms with Crippen LogP contribution in [0.3, 0.4) is 0 Å². The van der Waals surface area contributed by atoms with Crippen LogP contribution in [0.5, 0.6) is 17.2 Å². The number of rotatable bonds is 11. The molecule has 2 N–H and O–H groups in total. The summed E-state index contributed by atoms with van der Waals surface area (Å²) < 4.78 is 16.5. The van der Waals surface area contributed by atoms with E-state index in [-0.39, 0.29) is 18.2 Å². The zero-order chi connectivity index (χ0) is 24.3. The third kappa shape index (κ3) is 7.27. The zero-order valence-corrected chi connectivity index (χ0v) is 19.7. The van der Waals surface area contributed by atoms with Gasteiger partial charge in [0.25, 0.3) is 0 Å². The molecule has 3 aromatic carbocycles. The predicted molar refractivity (Wildman–Crippen MR) is 130 cm³/mol. The van der Waals surface area contributed by atoms with Gasteiger partial charge in [-0.1, -0.05) is 48.5 Å². The second-order valence-corrected chi connectivity index (χ2v) is 7.77. The van der Waals surface area contributed by atoms with E-state index < -0.39 is 6.04 Å². The summed E-state index contributed by atoms with van der Waals surface area (Å²) in [5.41, 5.74) is 2.76. The minimum atomic E-state index is -0.438. The van der Waals surface area contributed by atoms with E-state index in [1.165, 1.54) is 6.92 Å². The molecule has 0 fully saturated rings. The van der Waals surface area contributed by atoms with Crippen LogP contribution in [0, 0.1) is 0 Å². The molecule has 1 atom stereocenters. The van der Waals surface area contributed by atoms with Crippen molar-refractivity contribution in [3.05, 3.63) is 89.5 Å². The SMILES string of the molecule is COc1ccc(C(CC(=O)NCc2ccc(OCc3ccccc3)c(OC)c2)NC(C)=O)cc1. The fraction of sp³-hybridized carbons (Fsp3) is 0.259. The van der Waals surface area contributed by atoms with Crippen molar-refractivity contribution < 1.29 is 23.8 Å². The Morgan fingerprint density at radius 2 is 1.59 bits per heavy atom. The van der Waals surface area contributed by atoms with E-state index in [9.17, 15) is 9.59 Å². The maximum Gasteiger partial charge on any atom is 0.222 e. The quantitative estimate of drug-likeness (QED) is 0.447. The molecule has 0 aromatic heterocycles. The van der Waals surface area contributed by atoms with E-state index in [2.05, 4.69) is 10.6 Å². The summed E-state index contributed by atoms with van der Waals surface area (Å²) in [6, 6.07) is 22.3. The van der Waals surface area contributed by atoms with Gasteiger partial charge in [-0.05, 0) is 41.0 Å². The topological polar surface area (TPSA) is 85.9 Å². The Bertz CT molecular complexity index is 1080. The van der Waals surface area contributed by atoms with Gasteiger partial charge in [0.1, 0.15) is 12.4 Å². The molecule has 7 heteroatoms. The molecule has 3 aromatic rings. The average molecular weight is 463 g/mol. The molecular formula is C27H30N2O5. The van der Waals surface area contributed by atoms with Gasteiger partial charge < -0.3 is 24.8 Å². The highest BCUT2D eigenvalue weighted by Crippen LogP contribution is 2.29. The van der Waals surface area contributed by atoms with Gasteiger partial charge in [-0.2, -0.15) is 0 Å². The second kappa shape index (κ2) is 12.3. The maximum absolute atomic E-state index is 12.6. The lowest BCUT2D eigenvalue weighted by Gasteiger charge is -2.18.